The first-order valence-corrected chi connectivity index (χ1v) is 8.34. The highest BCUT2D eigenvalue weighted by Gasteiger charge is 2.82. The molecule has 2 aromatic rings. The van der Waals surface area contributed by atoms with Gasteiger partial charge in [-0.3, -0.25) is 9.59 Å². The molecule has 0 amide bonds. The van der Waals surface area contributed by atoms with Crippen molar-refractivity contribution in [1.29, 1.82) is 0 Å². The van der Waals surface area contributed by atoms with E-state index in [4.69, 9.17) is 0 Å². The molecule has 0 saturated heterocycles. The molecule has 3 rings (SSSR count). The molecule has 0 fully saturated rings. The topological polar surface area (TPSA) is 34.1 Å². The molecule has 0 unspecified atom stereocenters. The van der Waals surface area contributed by atoms with Crippen LogP contribution < -0.4 is 0 Å². The van der Waals surface area contributed by atoms with E-state index in [1.165, 1.54) is 22.9 Å². The summed E-state index contributed by atoms with van der Waals surface area (Å²) < 4.78 is 84.0. The number of ketones is 2. The van der Waals surface area contributed by atoms with Crippen LogP contribution in [0.1, 0.15) is 19.3 Å². The van der Waals surface area contributed by atoms with E-state index in [0.29, 0.717) is 22.7 Å². The van der Waals surface area contributed by atoms with Gasteiger partial charge in [-0.1, -0.05) is 12.1 Å². The summed E-state index contributed by atoms with van der Waals surface area (Å²) in [6, 6.07) is 4.58. The Morgan fingerprint density at radius 3 is 1.36 bits per heavy atom. The van der Waals surface area contributed by atoms with Gasteiger partial charge in [0.25, 0.3) is 0 Å². The molecule has 1 aliphatic carbocycles. The second-order valence-electron chi connectivity index (χ2n) is 5.09. The molecule has 2 nitrogen and oxygen atoms in total. The molecule has 0 radical (unpaired) electrons. The first-order chi connectivity index (χ1) is 11.5. The molecule has 25 heavy (non-hydrogen) atoms. The number of hydrogen-bond donors (Lipinski definition) is 0. The first kappa shape index (κ1) is 17.9. The standard InChI is InChI=1S/C15H6F6O2S2/c16-13(17)9(11(22)7-3-1-5-24-7)10(14(18,19)15(13,20)21)12(23)8-4-2-6-25-8/h1-6H. The highest BCUT2D eigenvalue weighted by atomic mass is 32.1. The number of alkyl halides is 6. The molecule has 1 aliphatic rings. The van der Waals surface area contributed by atoms with Crippen LogP contribution in [-0.4, -0.2) is 29.3 Å². The lowest BCUT2D eigenvalue weighted by atomic mass is 9.99. The third kappa shape index (κ3) is 2.30. The van der Waals surface area contributed by atoms with Crippen LogP contribution in [0.5, 0.6) is 0 Å². The molecule has 10 heteroatoms. The maximum Gasteiger partial charge on any atom is 0.380 e. The summed E-state index contributed by atoms with van der Waals surface area (Å²) in [7, 11) is 0. The third-order valence-electron chi connectivity index (χ3n) is 3.61. The van der Waals surface area contributed by atoms with Gasteiger partial charge in [0, 0.05) is 0 Å². The van der Waals surface area contributed by atoms with Crippen LogP contribution in [0.2, 0.25) is 0 Å². The van der Waals surface area contributed by atoms with Crippen LogP contribution in [-0.2, 0) is 0 Å². The average Bonchev–Trinajstić information content (AvgIpc) is 3.24. The molecular formula is C15H6F6O2S2. The maximum absolute atomic E-state index is 14.1. The maximum atomic E-state index is 14.1. The Labute approximate surface area is 144 Å². The number of thiophene rings is 2. The monoisotopic (exact) mass is 396 g/mol. The Balaban J connectivity index is 2.30. The normalized spacial score (nSPS) is 20.7. The summed E-state index contributed by atoms with van der Waals surface area (Å²) in [6.07, 6.45) is 0. The zero-order valence-electron chi connectivity index (χ0n) is 11.9. The van der Waals surface area contributed by atoms with Crippen molar-refractivity contribution in [2.45, 2.75) is 17.8 Å². The Hall–Kier alpha value is -1.94. The molecule has 0 saturated carbocycles. The molecule has 2 aromatic heterocycles. The molecule has 0 bridgehead atoms. The molecule has 132 valence electrons. The molecular weight excluding hydrogens is 390 g/mol. The van der Waals surface area contributed by atoms with Crippen molar-refractivity contribution in [3.8, 4) is 0 Å². The zero-order valence-corrected chi connectivity index (χ0v) is 13.5. The van der Waals surface area contributed by atoms with Crippen molar-refractivity contribution in [2.24, 2.45) is 0 Å². The van der Waals surface area contributed by atoms with E-state index in [0.717, 1.165) is 12.1 Å². The van der Waals surface area contributed by atoms with Gasteiger partial charge in [0.1, 0.15) is 0 Å². The van der Waals surface area contributed by atoms with Crippen molar-refractivity contribution in [1.82, 2.24) is 0 Å². The molecule has 0 N–H and O–H groups in total. The van der Waals surface area contributed by atoms with Crippen molar-refractivity contribution < 1.29 is 35.9 Å². The highest BCUT2D eigenvalue weighted by molar-refractivity contribution is 7.12. The third-order valence-corrected chi connectivity index (χ3v) is 5.35. The number of hydrogen-bond acceptors (Lipinski definition) is 4. The summed E-state index contributed by atoms with van der Waals surface area (Å²) in [6.45, 7) is 0. The summed E-state index contributed by atoms with van der Waals surface area (Å²) >= 11 is 1.23. The lowest BCUT2D eigenvalue weighted by molar-refractivity contribution is -0.263. The van der Waals surface area contributed by atoms with Crippen LogP contribution >= 0.6 is 22.7 Å². The van der Waals surface area contributed by atoms with Crippen molar-refractivity contribution in [3.05, 3.63) is 55.9 Å². The predicted molar refractivity (Wildman–Crippen MR) is 79.2 cm³/mol. The minimum Gasteiger partial charge on any atom is -0.288 e. The largest absolute Gasteiger partial charge is 0.380 e. The second-order valence-corrected chi connectivity index (χ2v) is 6.98. The lowest BCUT2D eigenvalue weighted by Crippen LogP contribution is -2.50. The SMILES string of the molecule is O=C(C1=C(C(=O)c2cccs2)C(F)(F)C(F)(F)C1(F)F)c1cccs1. The smallest absolute Gasteiger partial charge is 0.288 e. The van der Waals surface area contributed by atoms with Crippen LogP contribution in [0.3, 0.4) is 0 Å². The predicted octanol–water partition coefficient (Wildman–Crippen LogP) is 5.09. The molecule has 0 aliphatic heterocycles. The summed E-state index contributed by atoms with van der Waals surface area (Å²) in [5, 5.41) is 2.58. The summed E-state index contributed by atoms with van der Waals surface area (Å²) in [5.41, 5.74) is -4.30. The number of carbonyl (C=O) groups is 2. The minimum absolute atomic E-state index is 0.445. The number of rotatable bonds is 4. The van der Waals surface area contributed by atoms with E-state index in [1.54, 1.807) is 0 Å². The summed E-state index contributed by atoms with van der Waals surface area (Å²) in [5.74, 6) is -20.3. The zero-order chi connectivity index (χ0) is 18.6. The lowest BCUT2D eigenvalue weighted by Gasteiger charge is -2.25. The minimum atomic E-state index is -5.90. The number of carbonyl (C=O) groups excluding carboxylic acids is 2. The molecule has 0 aromatic carbocycles. The van der Waals surface area contributed by atoms with E-state index >= 15 is 0 Å². The van der Waals surface area contributed by atoms with Gasteiger partial charge in [-0.15, -0.1) is 22.7 Å². The van der Waals surface area contributed by atoms with Gasteiger partial charge < -0.3 is 0 Å². The highest BCUT2D eigenvalue weighted by Crippen LogP contribution is 2.60. The van der Waals surface area contributed by atoms with Crippen LogP contribution in [0, 0.1) is 0 Å². The Kier molecular flexibility index (Phi) is 3.95. The van der Waals surface area contributed by atoms with Gasteiger partial charge in [-0.2, -0.15) is 26.3 Å². The Morgan fingerprint density at radius 2 is 1.08 bits per heavy atom. The van der Waals surface area contributed by atoms with Gasteiger partial charge in [0.15, 0.2) is 0 Å². The van der Waals surface area contributed by atoms with E-state index in [2.05, 4.69) is 0 Å². The van der Waals surface area contributed by atoms with Gasteiger partial charge in [0.2, 0.25) is 11.6 Å². The van der Waals surface area contributed by atoms with Gasteiger partial charge in [-0.25, -0.2) is 0 Å². The number of Topliss-reactive ketones (excluding diaryl/α,β-unsaturated/α-hetero) is 2. The fourth-order valence-corrected chi connectivity index (χ4v) is 3.74. The van der Waals surface area contributed by atoms with E-state index in [-0.39, 0.29) is 0 Å². The quantitative estimate of drug-likeness (QED) is 0.533. The van der Waals surface area contributed by atoms with Crippen LogP contribution in [0.4, 0.5) is 26.3 Å². The first-order valence-electron chi connectivity index (χ1n) is 6.58. The van der Waals surface area contributed by atoms with E-state index < -0.39 is 50.2 Å². The number of allylic oxidation sites excluding steroid dienone is 2. The Morgan fingerprint density at radius 1 is 0.720 bits per heavy atom. The second kappa shape index (κ2) is 5.53. The van der Waals surface area contributed by atoms with Crippen LogP contribution in [0.25, 0.3) is 0 Å². The van der Waals surface area contributed by atoms with Gasteiger partial charge >= 0.3 is 17.8 Å². The van der Waals surface area contributed by atoms with Gasteiger partial charge in [-0.05, 0) is 22.9 Å². The summed E-state index contributed by atoms with van der Waals surface area (Å²) in [4.78, 5) is 23.6. The molecule has 0 atom stereocenters. The van der Waals surface area contributed by atoms with E-state index in [9.17, 15) is 35.9 Å². The van der Waals surface area contributed by atoms with Crippen molar-refractivity contribution in [2.75, 3.05) is 0 Å². The Bertz CT molecular complexity index is 796. The van der Waals surface area contributed by atoms with E-state index in [1.807, 2.05) is 0 Å². The van der Waals surface area contributed by atoms with Crippen molar-refractivity contribution >= 4 is 34.2 Å². The molecule has 2 heterocycles. The fourth-order valence-electron chi connectivity index (χ4n) is 2.40. The van der Waals surface area contributed by atoms with Crippen LogP contribution in [0.15, 0.2) is 46.2 Å². The number of halogens is 6. The van der Waals surface area contributed by atoms with Gasteiger partial charge in [0.05, 0.1) is 20.9 Å². The average molecular weight is 396 g/mol. The van der Waals surface area contributed by atoms with Crippen molar-refractivity contribution in [3.63, 3.8) is 0 Å². The fraction of sp³-hybridized carbons (Fsp3) is 0.200. The molecule has 0 spiro atoms.